The number of nitrogens with two attached hydrogens (primary N) is 1. The predicted octanol–water partition coefficient (Wildman–Crippen LogP) is 4.82. The summed E-state index contributed by atoms with van der Waals surface area (Å²) in [5, 5.41) is 8.03. The van der Waals surface area contributed by atoms with Gasteiger partial charge in [-0.25, -0.2) is 0 Å². The van der Waals surface area contributed by atoms with Gasteiger partial charge in [-0.3, -0.25) is 5.41 Å². The molecule has 4 rings (SSSR count). The number of nitrogens with zero attached hydrogens (tertiary/aromatic N) is 1. The quantitative estimate of drug-likeness (QED) is 0.389. The highest BCUT2D eigenvalue weighted by Gasteiger charge is 2.49. The van der Waals surface area contributed by atoms with Crippen molar-refractivity contribution in [2.24, 2.45) is 11.1 Å². The summed E-state index contributed by atoms with van der Waals surface area (Å²) in [4.78, 5) is 1.74. The van der Waals surface area contributed by atoms with Crippen molar-refractivity contribution in [3.8, 4) is 5.75 Å². The first-order valence-corrected chi connectivity index (χ1v) is 11.4. The zero-order chi connectivity index (χ0) is 22.9. The standard InChI is InChI=1S/C27H35N3O2/c1-18-16-27(12-11-20-7-5-6-8-23(18)20)17-21-9-10-22(32-14-13-31-4)15-24(21)25(27)19(2)30(3)26(28)29/h5-10,15,18,25H,2,11-14,16-17H2,1,3-4H3,(H3,28,29). The van der Waals surface area contributed by atoms with Crippen LogP contribution in [0.5, 0.6) is 5.75 Å². The molecule has 5 nitrogen and oxygen atoms in total. The summed E-state index contributed by atoms with van der Waals surface area (Å²) in [5.74, 6) is 1.43. The van der Waals surface area contributed by atoms with Gasteiger partial charge < -0.3 is 20.1 Å². The summed E-state index contributed by atoms with van der Waals surface area (Å²) in [6.45, 7) is 7.89. The third-order valence-electron chi connectivity index (χ3n) is 7.46. The van der Waals surface area contributed by atoms with E-state index in [4.69, 9.17) is 20.6 Å². The minimum Gasteiger partial charge on any atom is -0.491 e. The van der Waals surface area contributed by atoms with E-state index in [1.54, 1.807) is 12.0 Å². The molecule has 3 atom stereocenters. The first-order valence-electron chi connectivity index (χ1n) is 11.4. The van der Waals surface area contributed by atoms with Gasteiger partial charge in [0.15, 0.2) is 5.96 Å². The van der Waals surface area contributed by atoms with Crippen LogP contribution in [-0.4, -0.2) is 38.2 Å². The number of ether oxygens (including phenoxy) is 2. The summed E-state index contributed by atoms with van der Waals surface area (Å²) in [5.41, 5.74) is 12.4. The average Bonchev–Trinajstić information content (AvgIpc) is 3.01. The fourth-order valence-electron chi connectivity index (χ4n) is 5.90. The minimum absolute atomic E-state index is 0.0241. The Bertz CT molecular complexity index is 1020. The van der Waals surface area contributed by atoms with Crippen molar-refractivity contribution in [1.82, 2.24) is 4.90 Å². The van der Waals surface area contributed by atoms with E-state index < -0.39 is 0 Å². The topological polar surface area (TPSA) is 71.6 Å². The molecule has 0 amide bonds. The Morgan fingerprint density at radius 2 is 1.97 bits per heavy atom. The Balaban J connectivity index is 1.74. The van der Waals surface area contributed by atoms with Crippen LogP contribution in [0.4, 0.5) is 0 Å². The van der Waals surface area contributed by atoms with Crippen LogP contribution in [0.1, 0.15) is 53.9 Å². The van der Waals surface area contributed by atoms with E-state index in [0.717, 1.165) is 37.1 Å². The van der Waals surface area contributed by atoms with Gasteiger partial charge in [-0.2, -0.15) is 0 Å². The number of hydrogen-bond donors (Lipinski definition) is 2. The van der Waals surface area contributed by atoms with Gasteiger partial charge >= 0.3 is 0 Å². The maximum absolute atomic E-state index is 8.03. The number of rotatable bonds is 6. The van der Waals surface area contributed by atoms with Crippen molar-refractivity contribution in [3.63, 3.8) is 0 Å². The number of allylic oxidation sites excluding steroid dienone is 1. The van der Waals surface area contributed by atoms with Crippen LogP contribution in [-0.2, 0) is 17.6 Å². The van der Waals surface area contributed by atoms with Crippen molar-refractivity contribution in [2.75, 3.05) is 27.4 Å². The lowest BCUT2D eigenvalue weighted by Gasteiger charge is -2.40. The SMILES string of the molecule is C=C(C1c2cc(OCCOC)ccc2CC12CCc1ccccc1C(C)C2)N(C)C(=N)N. The summed E-state index contributed by atoms with van der Waals surface area (Å²) in [7, 11) is 3.53. The molecule has 2 aromatic carbocycles. The number of nitrogens with one attached hydrogen (secondary N) is 1. The van der Waals surface area contributed by atoms with Crippen LogP contribution >= 0.6 is 0 Å². The molecule has 2 aliphatic rings. The van der Waals surface area contributed by atoms with E-state index in [1.165, 1.54) is 22.3 Å². The molecule has 0 saturated heterocycles. The second kappa shape index (κ2) is 8.99. The molecule has 3 N–H and O–H groups in total. The third kappa shape index (κ3) is 4.02. The number of methoxy groups -OCH3 is 1. The van der Waals surface area contributed by atoms with Crippen LogP contribution in [0.15, 0.2) is 54.7 Å². The normalized spacial score (nSPS) is 23.8. The fraction of sp³-hybridized carbons (Fsp3) is 0.444. The van der Waals surface area contributed by atoms with E-state index in [-0.39, 0.29) is 17.3 Å². The Kier molecular flexibility index (Phi) is 6.29. The zero-order valence-corrected chi connectivity index (χ0v) is 19.5. The van der Waals surface area contributed by atoms with E-state index in [0.29, 0.717) is 19.1 Å². The van der Waals surface area contributed by atoms with Crippen LogP contribution in [0.3, 0.4) is 0 Å². The Hall–Kier alpha value is -2.79. The molecule has 0 aromatic heterocycles. The molecule has 0 saturated carbocycles. The molecule has 1 spiro atoms. The second-order valence-electron chi connectivity index (χ2n) is 9.41. The highest BCUT2D eigenvalue weighted by atomic mass is 16.5. The second-order valence-corrected chi connectivity index (χ2v) is 9.41. The maximum Gasteiger partial charge on any atom is 0.192 e. The smallest absolute Gasteiger partial charge is 0.192 e. The number of fused-ring (bicyclic) bond motifs is 2. The van der Waals surface area contributed by atoms with Gasteiger partial charge in [0, 0.05) is 25.8 Å². The largest absolute Gasteiger partial charge is 0.491 e. The lowest BCUT2D eigenvalue weighted by molar-refractivity contribution is 0.146. The summed E-state index contributed by atoms with van der Waals surface area (Å²) in [6.07, 6.45) is 4.22. The highest BCUT2D eigenvalue weighted by Crippen LogP contribution is 2.59. The minimum atomic E-state index is 0.0241. The van der Waals surface area contributed by atoms with Crippen molar-refractivity contribution in [3.05, 3.63) is 77.0 Å². The van der Waals surface area contributed by atoms with Gasteiger partial charge in [-0.1, -0.05) is 43.8 Å². The highest BCUT2D eigenvalue weighted by molar-refractivity contribution is 5.76. The Morgan fingerprint density at radius 3 is 2.72 bits per heavy atom. The first-order chi connectivity index (χ1) is 15.4. The molecule has 0 heterocycles. The van der Waals surface area contributed by atoms with E-state index >= 15 is 0 Å². The molecule has 2 aromatic rings. The van der Waals surface area contributed by atoms with Gasteiger partial charge in [0.05, 0.1) is 6.61 Å². The predicted molar refractivity (Wildman–Crippen MR) is 129 cm³/mol. The number of likely N-dealkylation sites (N-methyl/N-ethyl adjacent to an activating group) is 1. The van der Waals surface area contributed by atoms with Crippen LogP contribution in [0.2, 0.25) is 0 Å². The van der Waals surface area contributed by atoms with Gasteiger partial charge in [0.1, 0.15) is 12.4 Å². The molecule has 0 aliphatic heterocycles. The number of guanidine groups is 1. The lowest BCUT2D eigenvalue weighted by atomic mass is 9.67. The monoisotopic (exact) mass is 433 g/mol. The molecule has 0 radical (unpaired) electrons. The molecular formula is C27H35N3O2. The van der Waals surface area contributed by atoms with Crippen LogP contribution in [0, 0.1) is 10.8 Å². The fourth-order valence-corrected chi connectivity index (χ4v) is 5.90. The summed E-state index contributed by atoms with van der Waals surface area (Å²) in [6, 6.07) is 15.3. The zero-order valence-electron chi connectivity index (χ0n) is 19.5. The molecular weight excluding hydrogens is 398 g/mol. The molecule has 170 valence electrons. The lowest BCUT2D eigenvalue weighted by Crippen LogP contribution is -2.38. The van der Waals surface area contributed by atoms with E-state index in [1.807, 2.05) is 7.05 Å². The molecule has 0 fully saturated rings. The number of hydrogen-bond acceptors (Lipinski definition) is 3. The average molecular weight is 434 g/mol. The summed E-state index contributed by atoms with van der Waals surface area (Å²) < 4.78 is 11.1. The summed E-state index contributed by atoms with van der Waals surface area (Å²) >= 11 is 0. The van der Waals surface area contributed by atoms with Crippen LogP contribution < -0.4 is 10.5 Å². The van der Waals surface area contributed by atoms with Crippen LogP contribution in [0.25, 0.3) is 0 Å². The molecule has 2 aliphatic carbocycles. The van der Waals surface area contributed by atoms with Gasteiger partial charge in [-0.15, -0.1) is 0 Å². The van der Waals surface area contributed by atoms with E-state index in [9.17, 15) is 0 Å². The van der Waals surface area contributed by atoms with E-state index in [2.05, 4.69) is 56.0 Å². The maximum atomic E-state index is 8.03. The van der Waals surface area contributed by atoms with Gasteiger partial charge in [0.2, 0.25) is 0 Å². The van der Waals surface area contributed by atoms with Crippen molar-refractivity contribution in [1.29, 1.82) is 5.41 Å². The molecule has 0 bridgehead atoms. The third-order valence-corrected chi connectivity index (χ3v) is 7.46. The molecule has 3 unspecified atom stereocenters. The molecule has 32 heavy (non-hydrogen) atoms. The number of aryl methyl sites for hydroxylation is 1. The first kappa shape index (κ1) is 22.4. The van der Waals surface area contributed by atoms with Gasteiger partial charge in [-0.05, 0) is 71.4 Å². The Morgan fingerprint density at radius 1 is 1.19 bits per heavy atom. The van der Waals surface area contributed by atoms with Crippen molar-refractivity contribution < 1.29 is 9.47 Å². The number of benzene rings is 2. The van der Waals surface area contributed by atoms with Crippen molar-refractivity contribution >= 4 is 5.96 Å². The Labute approximate surface area is 191 Å². The molecule has 5 heteroatoms. The van der Waals surface area contributed by atoms with Crippen molar-refractivity contribution in [2.45, 2.75) is 44.4 Å². The van der Waals surface area contributed by atoms with Gasteiger partial charge in [0.25, 0.3) is 0 Å².